The number of hydrogen-bond acceptors (Lipinski definition) is 18. The first kappa shape index (κ1) is 70.1. The van der Waals surface area contributed by atoms with Crippen molar-refractivity contribution in [3.8, 4) is 0 Å². The van der Waals surface area contributed by atoms with Gasteiger partial charge >= 0.3 is 0 Å². The molecule has 31 atom stereocenters. The van der Waals surface area contributed by atoms with Crippen LogP contribution in [0.2, 0.25) is 0 Å². The first-order valence-corrected chi connectivity index (χ1v) is 34.4. The molecule has 16 N–H and O–H groups in total. The van der Waals surface area contributed by atoms with Crippen LogP contribution < -0.4 is 10.6 Å². The van der Waals surface area contributed by atoms with Gasteiger partial charge in [0, 0.05) is 44.9 Å². The van der Waals surface area contributed by atoms with Crippen LogP contribution in [0.4, 0.5) is 0 Å². The van der Waals surface area contributed by atoms with Crippen LogP contribution in [0.15, 0.2) is 0 Å². The Kier molecular flexibility index (Phi) is 22.6. The second-order valence-electron chi connectivity index (χ2n) is 31.3. The minimum atomic E-state index is -2.14. The van der Waals surface area contributed by atoms with Crippen LogP contribution in [0.1, 0.15) is 176 Å². The number of nitrogens with one attached hydrogen (secondary N) is 2. The summed E-state index contributed by atoms with van der Waals surface area (Å²) in [6.45, 7) is 12.5. The number of carbonyl (C=O) groups is 3. The summed E-state index contributed by atoms with van der Waals surface area (Å²) in [6, 6.07) is 0. The summed E-state index contributed by atoms with van der Waals surface area (Å²) in [5, 5.41) is 158. The molecule has 1 saturated heterocycles. The Balaban J connectivity index is 0.796. The zero-order valence-corrected chi connectivity index (χ0v) is 53.5. The number of aliphatic hydroxyl groups is 14. The Hall–Kier alpha value is -2.19. The van der Waals surface area contributed by atoms with E-state index in [4.69, 9.17) is 4.74 Å². The maximum absolute atomic E-state index is 14.5. The molecule has 9 aliphatic rings. The van der Waals surface area contributed by atoms with Crippen molar-refractivity contribution >= 4 is 17.7 Å². The molecule has 1 aliphatic heterocycles. The van der Waals surface area contributed by atoms with Gasteiger partial charge in [0.15, 0.2) is 6.10 Å². The minimum absolute atomic E-state index is 0.0208. The molecule has 9 fully saturated rings. The molecular weight excluding hydrogens is 1130 g/mol. The number of hydrogen-bond donors (Lipinski definition) is 16. The molecule has 506 valence electrons. The fourth-order valence-electron chi connectivity index (χ4n) is 21.8. The molecule has 3 amide bonds. The third-order valence-electron chi connectivity index (χ3n) is 27.1. The van der Waals surface area contributed by atoms with Crippen molar-refractivity contribution in [3.63, 3.8) is 0 Å². The molecule has 21 nitrogen and oxygen atoms in total. The molecule has 0 bridgehead atoms. The molecule has 8 saturated carbocycles. The molecular formula is C67H115N3O18. The van der Waals surface area contributed by atoms with E-state index in [1.165, 1.54) is 0 Å². The highest BCUT2D eigenvalue weighted by molar-refractivity contribution is 5.81. The van der Waals surface area contributed by atoms with Gasteiger partial charge in [-0.3, -0.25) is 14.4 Å². The quantitative estimate of drug-likeness (QED) is 0.0609. The average molecular weight is 1250 g/mol. The van der Waals surface area contributed by atoms with Crippen molar-refractivity contribution < 1.29 is 90.6 Å². The molecule has 0 aromatic carbocycles. The van der Waals surface area contributed by atoms with E-state index >= 15 is 0 Å². The Morgan fingerprint density at radius 1 is 0.580 bits per heavy atom. The Bertz CT molecular complexity index is 2340. The lowest BCUT2D eigenvalue weighted by Gasteiger charge is -2.63. The molecule has 11 unspecified atom stereocenters. The van der Waals surface area contributed by atoms with E-state index in [2.05, 4.69) is 52.2 Å². The number of fused-ring (bicyclic) bond motifs is 10. The summed E-state index contributed by atoms with van der Waals surface area (Å²) in [4.78, 5) is 43.1. The third-order valence-corrected chi connectivity index (χ3v) is 27.1. The van der Waals surface area contributed by atoms with Gasteiger partial charge in [-0.15, -0.1) is 0 Å². The standard InChI is InChI=1S/C67H115N3O18/c1-34(41-11-13-43-56-45(30-52(78)66(41,43)5)64(3)19-17-38(73)25-36(64)27-47(56)75)9-15-54(80)68-21-7-23-70(24-8-22-69-63(87)62(86)58(82)40(49(77)32-71)29-50-59(83)61(85)60(84)51(33-72)88-50)55(81)16-10-35(2)42-12-14-44-57-46(31-53(79)67(42,44)6)65(4)20-18-39(74)26-37(65)28-48(57)76/h34-53,56-62,71-79,82-86H,7-33H2,1-6H3,(H,68,80)(H,69,87)/t34?,35?,36-,37-,38-,39-,40?,41-,42-,43+,44+,45+,46+,47-,48-,49?,50?,51?,52+,53+,56+,57+,58?,59?,60?,61?,62?,64+,65+,66-,67-/m1/s1. The SMILES string of the molecule is CC(CCC(=O)NCCCN(CCCNC(=O)C(O)C(O)C(CC1OC(CO)C(O)C(O)C1O)C(O)CO)C(=O)CCC(C)[C@H]1CC[C@H]2[C@@H]3[C@H](O)C[C@H]4C[C@H](O)CC[C@]4(C)[C@H]3C[C@H](O)[C@]12C)[C@H]1CC[C@H]2[C@@H]3[C@H](O)C[C@H]4C[C@H](O)CC[C@]4(C)[C@H]3C[C@H](O)[C@]12C. The van der Waals surface area contributed by atoms with Crippen LogP contribution in [0.25, 0.3) is 0 Å². The summed E-state index contributed by atoms with van der Waals surface area (Å²) in [5.74, 6) is -0.988. The number of amides is 3. The molecule has 8 aliphatic carbocycles. The molecule has 9 rings (SSSR count). The second kappa shape index (κ2) is 28.4. The summed E-state index contributed by atoms with van der Waals surface area (Å²) in [5.41, 5.74) is -0.918. The smallest absolute Gasteiger partial charge is 0.251 e. The summed E-state index contributed by atoms with van der Waals surface area (Å²) in [6.07, 6.45) is -3.74. The molecule has 0 aromatic heterocycles. The zero-order chi connectivity index (χ0) is 64.1. The van der Waals surface area contributed by atoms with E-state index < -0.39 is 110 Å². The summed E-state index contributed by atoms with van der Waals surface area (Å²) in [7, 11) is 0. The Morgan fingerprint density at radius 2 is 1.06 bits per heavy atom. The topological polar surface area (TPSA) is 371 Å². The van der Waals surface area contributed by atoms with Crippen LogP contribution >= 0.6 is 0 Å². The van der Waals surface area contributed by atoms with Gasteiger partial charge in [-0.2, -0.15) is 0 Å². The van der Waals surface area contributed by atoms with Gasteiger partial charge in [-0.05, 0) is 215 Å². The van der Waals surface area contributed by atoms with Gasteiger partial charge in [0.05, 0.1) is 68.1 Å². The molecule has 21 heteroatoms. The number of ether oxygens (including phenoxy) is 1. The molecule has 0 spiro atoms. The molecule has 88 heavy (non-hydrogen) atoms. The van der Waals surface area contributed by atoms with Crippen molar-refractivity contribution in [2.45, 2.75) is 262 Å². The molecule has 0 aromatic rings. The van der Waals surface area contributed by atoms with Crippen molar-refractivity contribution in [1.29, 1.82) is 0 Å². The van der Waals surface area contributed by atoms with E-state index in [0.29, 0.717) is 70.8 Å². The average Bonchev–Trinajstić information content (AvgIpc) is 1.33. The van der Waals surface area contributed by atoms with E-state index in [0.717, 1.165) is 51.4 Å². The zero-order valence-electron chi connectivity index (χ0n) is 53.5. The third kappa shape index (κ3) is 13.3. The van der Waals surface area contributed by atoms with Gasteiger partial charge in [0.1, 0.15) is 24.4 Å². The van der Waals surface area contributed by atoms with Crippen LogP contribution in [-0.4, -0.2) is 219 Å². The van der Waals surface area contributed by atoms with E-state index in [1.807, 2.05) is 0 Å². The first-order valence-electron chi connectivity index (χ1n) is 34.4. The highest BCUT2D eigenvalue weighted by atomic mass is 16.5. The van der Waals surface area contributed by atoms with Gasteiger partial charge in [-0.25, -0.2) is 0 Å². The predicted molar refractivity (Wildman–Crippen MR) is 324 cm³/mol. The van der Waals surface area contributed by atoms with E-state index in [1.54, 1.807) is 4.90 Å². The maximum Gasteiger partial charge on any atom is 0.251 e. The number of aliphatic hydroxyl groups excluding tert-OH is 14. The lowest BCUT2D eigenvalue weighted by Crippen LogP contribution is -2.62. The lowest BCUT2D eigenvalue weighted by atomic mass is 9.43. The van der Waals surface area contributed by atoms with Gasteiger partial charge in [-0.1, -0.05) is 41.5 Å². The van der Waals surface area contributed by atoms with Crippen LogP contribution in [-0.2, 0) is 19.1 Å². The van der Waals surface area contributed by atoms with Crippen molar-refractivity contribution in [1.82, 2.24) is 15.5 Å². The molecule has 0 radical (unpaired) electrons. The normalized spacial score (nSPS) is 45.8. The van der Waals surface area contributed by atoms with Crippen molar-refractivity contribution in [2.24, 2.45) is 98.6 Å². The molecule has 1 heterocycles. The van der Waals surface area contributed by atoms with Crippen molar-refractivity contribution in [3.05, 3.63) is 0 Å². The number of carbonyl (C=O) groups excluding carboxylic acids is 3. The number of nitrogens with zero attached hydrogens (tertiary/aromatic N) is 1. The van der Waals surface area contributed by atoms with Crippen LogP contribution in [0, 0.1) is 98.6 Å². The summed E-state index contributed by atoms with van der Waals surface area (Å²) >= 11 is 0. The van der Waals surface area contributed by atoms with Gasteiger partial charge < -0.3 is 91.8 Å². The highest BCUT2D eigenvalue weighted by Crippen LogP contribution is 2.70. The maximum atomic E-state index is 14.5. The summed E-state index contributed by atoms with van der Waals surface area (Å²) < 4.78 is 5.54. The minimum Gasteiger partial charge on any atom is -0.394 e. The fourth-order valence-corrected chi connectivity index (χ4v) is 21.8. The van der Waals surface area contributed by atoms with Gasteiger partial charge in [0.2, 0.25) is 11.8 Å². The highest BCUT2D eigenvalue weighted by Gasteiger charge is 2.68. The first-order chi connectivity index (χ1) is 41.6. The van der Waals surface area contributed by atoms with E-state index in [9.17, 15) is 85.9 Å². The largest absolute Gasteiger partial charge is 0.394 e. The predicted octanol–water partition coefficient (Wildman–Crippen LogP) is 1.51. The number of rotatable bonds is 24. The Morgan fingerprint density at radius 3 is 1.55 bits per heavy atom. The Labute approximate surface area is 521 Å². The lowest BCUT2D eigenvalue weighted by molar-refractivity contribution is -0.237. The van der Waals surface area contributed by atoms with Gasteiger partial charge in [0.25, 0.3) is 5.91 Å². The van der Waals surface area contributed by atoms with Crippen LogP contribution in [0.5, 0.6) is 0 Å². The van der Waals surface area contributed by atoms with Crippen LogP contribution in [0.3, 0.4) is 0 Å². The fraction of sp³-hybridized carbons (Fsp3) is 0.955. The monoisotopic (exact) mass is 1250 g/mol. The van der Waals surface area contributed by atoms with E-state index in [-0.39, 0.29) is 144 Å². The van der Waals surface area contributed by atoms with Crippen molar-refractivity contribution in [2.75, 3.05) is 39.4 Å². The second-order valence-corrected chi connectivity index (χ2v) is 31.3.